The summed E-state index contributed by atoms with van der Waals surface area (Å²) in [6, 6.07) is 20.4. The summed E-state index contributed by atoms with van der Waals surface area (Å²) in [6.45, 7) is 4.82. The van der Waals surface area contributed by atoms with Crippen molar-refractivity contribution >= 4 is 5.91 Å². The number of benzene rings is 2. The van der Waals surface area contributed by atoms with E-state index in [1.54, 1.807) is 18.0 Å². The molecule has 0 saturated carbocycles. The van der Waals surface area contributed by atoms with E-state index in [1.807, 2.05) is 18.2 Å². The molecule has 2 aromatic carbocycles. The first kappa shape index (κ1) is 18.9. The smallest absolute Gasteiger partial charge is 0.292 e. The van der Waals surface area contributed by atoms with Crippen molar-refractivity contribution in [3.63, 3.8) is 0 Å². The minimum atomic E-state index is -0.152. The third kappa shape index (κ3) is 4.85. The van der Waals surface area contributed by atoms with Gasteiger partial charge in [0.2, 0.25) is 5.76 Å². The lowest BCUT2D eigenvalue weighted by molar-refractivity contribution is 0.0743. The van der Waals surface area contributed by atoms with Gasteiger partial charge < -0.3 is 9.42 Å². The summed E-state index contributed by atoms with van der Waals surface area (Å²) in [4.78, 5) is 14.3. The second kappa shape index (κ2) is 8.67. The van der Waals surface area contributed by atoms with Crippen LogP contribution in [0, 0.1) is 0 Å². The molecule has 4 nitrogen and oxygen atoms in total. The molecule has 1 amide bonds. The van der Waals surface area contributed by atoms with Crippen LogP contribution in [0.5, 0.6) is 0 Å². The predicted octanol–water partition coefficient (Wildman–Crippen LogP) is 4.86. The average Bonchev–Trinajstić information content (AvgIpc) is 3.17. The van der Waals surface area contributed by atoms with Crippen LogP contribution in [-0.2, 0) is 19.4 Å². The summed E-state index contributed by atoms with van der Waals surface area (Å²) in [6.07, 6.45) is 1.75. The number of aromatic nitrogens is 1. The van der Waals surface area contributed by atoms with E-state index in [-0.39, 0.29) is 11.7 Å². The second-order valence-corrected chi connectivity index (χ2v) is 7.03. The number of hydrogen-bond acceptors (Lipinski definition) is 3. The third-order valence-corrected chi connectivity index (χ3v) is 4.85. The van der Waals surface area contributed by atoms with Gasteiger partial charge in [-0.3, -0.25) is 4.79 Å². The van der Waals surface area contributed by atoms with E-state index in [2.05, 4.69) is 55.4 Å². The predicted molar refractivity (Wildman–Crippen MR) is 107 cm³/mol. The Morgan fingerprint density at radius 2 is 1.74 bits per heavy atom. The van der Waals surface area contributed by atoms with Crippen LogP contribution in [0.2, 0.25) is 0 Å². The summed E-state index contributed by atoms with van der Waals surface area (Å²) in [5.74, 6) is 0.452. The molecule has 0 N–H and O–H groups in total. The highest BCUT2D eigenvalue weighted by Gasteiger charge is 2.19. The molecule has 1 heterocycles. The van der Waals surface area contributed by atoms with Crippen LogP contribution in [0.25, 0.3) is 0 Å². The topological polar surface area (TPSA) is 46.3 Å². The van der Waals surface area contributed by atoms with Crippen molar-refractivity contribution in [2.75, 3.05) is 7.05 Å². The van der Waals surface area contributed by atoms with E-state index in [1.165, 1.54) is 11.1 Å². The largest absolute Gasteiger partial charge is 0.351 e. The molecule has 1 unspecified atom stereocenters. The third-order valence-electron chi connectivity index (χ3n) is 4.85. The van der Waals surface area contributed by atoms with Crippen molar-refractivity contribution in [2.24, 2.45) is 0 Å². The SMILES string of the molecule is CCc1ccc(CN(C)C(=O)c2cc(CC(C)c3ccccc3)no2)cc1. The van der Waals surface area contributed by atoms with Crippen molar-refractivity contribution in [3.8, 4) is 0 Å². The number of rotatable bonds is 7. The van der Waals surface area contributed by atoms with Crippen molar-refractivity contribution < 1.29 is 9.32 Å². The standard InChI is InChI=1S/C23H26N2O2/c1-4-18-10-12-19(13-11-18)16-25(3)23(26)22-15-21(24-27-22)14-17(2)20-8-6-5-7-9-20/h5-13,15,17H,4,14,16H2,1-3H3. The molecule has 0 aliphatic carbocycles. The zero-order valence-corrected chi connectivity index (χ0v) is 16.2. The van der Waals surface area contributed by atoms with E-state index in [4.69, 9.17) is 4.52 Å². The van der Waals surface area contributed by atoms with Crippen LogP contribution in [-0.4, -0.2) is 23.0 Å². The normalized spacial score (nSPS) is 12.0. The van der Waals surface area contributed by atoms with E-state index >= 15 is 0 Å². The van der Waals surface area contributed by atoms with Gasteiger partial charge in [-0.15, -0.1) is 0 Å². The van der Waals surface area contributed by atoms with Crippen molar-refractivity contribution in [1.29, 1.82) is 0 Å². The number of carbonyl (C=O) groups is 1. The number of hydrogen-bond donors (Lipinski definition) is 0. The Morgan fingerprint density at radius 3 is 2.41 bits per heavy atom. The summed E-state index contributed by atoms with van der Waals surface area (Å²) in [5.41, 5.74) is 4.44. The lowest BCUT2D eigenvalue weighted by Crippen LogP contribution is -2.25. The first-order valence-corrected chi connectivity index (χ1v) is 9.40. The molecule has 0 saturated heterocycles. The van der Waals surface area contributed by atoms with Crippen LogP contribution in [0.1, 0.15) is 52.7 Å². The first-order chi connectivity index (χ1) is 13.1. The average molecular weight is 362 g/mol. The Labute approximate surface area is 160 Å². The summed E-state index contributed by atoms with van der Waals surface area (Å²) >= 11 is 0. The molecule has 0 fully saturated rings. The number of carbonyl (C=O) groups excluding carboxylic acids is 1. The highest BCUT2D eigenvalue weighted by Crippen LogP contribution is 2.20. The Morgan fingerprint density at radius 1 is 1.07 bits per heavy atom. The van der Waals surface area contributed by atoms with Gasteiger partial charge in [0.05, 0.1) is 5.69 Å². The molecule has 1 atom stereocenters. The lowest BCUT2D eigenvalue weighted by Gasteiger charge is -2.15. The van der Waals surface area contributed by atoms with Gasteiger partial charge in [-0.1, -0.05) is 73.6 Å². The van der Waals surface area contributed by atoms with Crippen molar-refractivity contribution in [1.82, 2.24) is 10.1 Å². The van der Waals surface area contributed by atoms with Gasteiger partial charge in [-0.2, -0.15) is 0 Å². The van der Waals surface area contributed by atoms with E-state index in [0.29, 0.717) is 12.5 Å². The fraction of sp³-hybridized carbons (Fsp3) is 0.304. The van der Waals surface area contributed by atoms with Gasteiger partial charge in [0.15, 0.2) is 0 Å². The second-order valence-electron chi connectivity index (χ2n) is 7.03. The maximum atomic E-state index is 12.6. The molecule has 0 aliphatic rings. The summed E-state index contributed by atoms with van der Waals surface area (Å²) in [7, 11) is 1.78. The van der Waals surface area contributed by atoms with Crippen LogP contribution >= 0.6 is 0 Å². The van der Waals surface area contributed by atoms with Gasteiger partial charge in [0.1, 0.15) is 0 Å². The van der Waals surface area contributed by atoms with Gasteiger partial charge in [-0.25, -0.2) is 0 Å². The van der Waals surface area contributed by atoms with E-state index in [9.17, 15) is 4.79 Å². The van der Waals surface area contributed by atoms with Crippen LogP contribution in [0.4, 0.5) is 0 Å². The Hall–Kier alpha value is -2.88. The molecule has 4 heteroatoms. The Balaban J connectivity index is 1.61. The maximum absolute atomic E-state index is 12.6. The maximum Gasteiger partial charge on any atom is 0.292 e. The Kier molecular flexibility index (Phi) is 6.07. The van der Waals surface area contributed by atoms with E-state index in [0.717, 1.165) is 24.1 Å². The first-order valence-electron chi connectivity index (χ1n) is 9.40. The van der Waals surface area contributed by atoms with Gasteiger partial charge in [-0.05, 0) is 35.4 Å². The zero-order chi connectivity index (χ0) is 19.2. The minimum absolute atomic E-state index is 0.152. The molecule has 1 aromatic heterocycles. The highest BCUT2D eigenvalue weighted by atomic mass is 16.5. The van der Waals surface area contributed by atoms with Gasteiger partial charge in [0.25, 0.3) is 5.91 Å². The van der Waals surface area contributed by atoms with Crippen LogP contribution in [0.3, 0.4) is 0 Å². The number of amides is 1. The molecular weight excluding hydrogens is 336 g/mol. The molecule has 3 rings (SSSR count). The molecule has 27 heavy (non-hydrogen) atoms. The molecule has 3 aromatic rings. The molecule has 0 bridgehead atoms. The van der Waals surface area contributed by atoms with Crippen LogP contribution < -0.4 is 0 Å². The lowest BCUT2D eigenvalue weighted by atomic mass is 9.96. The highest BCUT2D eigenvalue weighted by molar-refractivity contribution is 5.91. The minimum Gasteiger partial charge on any atom is -0.351 e. The molecule has 0 radical (unpaired) electrons. The van der Waals surface area contributed by atoms with Crippen molar-refractivity contribution in [3.05, 3.63) is 88.8 Å². The molecular formula is C23H26N2O2. The molecule has 0 aliphatic heterocycles. The van der Waals surface area contributed by atoms with Gasteiger partial charge >= 0.3 is 0 Å². The number of nitrogens with zero attached hydrogens (tertiary/aromatic N) is 2. The zero-order valence-electron chi connectivity index (χ0n) is 16.2. The Bertz CT molecular complexity index is 869. The van der Waals surface area contributed by atoms with Crippen LogP contribution in [0.15, 0.2) is 65.2 Å². The summed E-state index contributed by atoms with van der Waals surface area (Å²) in [5, 5.41) is 4.09. The molecule has 140 valence electrons. The summed E-state index contributed by atoms with van der Waals surface area (Å²) < 4.78 is 5.32. The van der Waals surface area contributed by atoms with Crippen molar-refractivity contribution in [2.45, 2.75) is 39.2 Å². The van der Waals surface area contributed by atoms with Gasteiger partial charge in [0, 0.05) is 19.7 Å². The fourth-order valence-corrected chi connectivity index (χ4v) is 3.14. The fourth-order valence-electron chi connectivity index (χ4n) is 3.14. The van der Waals surface area contributed by atoms with E-state index < -0.39 is 0 Å². The number of aryl methyl sites for hydroxylation is 1. The quantitative estimate of drug-likeness (QED) is 0.603. The monoisotopic (exact) mass is 362 g/mol. The molecule has 0 spiro atoms.